The average Bonchev–Trinajstić information content (AvgIpc) is 3.22. The molecule has 0 aliphatic heterocycles. The van der Waals surface area contributed by atoms with Crippen molar-refractivity contribution >= 4 is 23.0 Å². The average molecular weight is 453 g/mol. The Morgan fingerprint density at radius 3 is 2.24 bits per heavy atom. The number of carbonyl (C=O) groups excluding carboxylic acids is 1. The van der Waals surface area contributed by atoms with Crippen LogP contribution in [-0.2, 0) is 6.61 Å². The van der Waals surface area contributed by atoms with Crippen molar-refractivity contribution in [3.05, 3.63) is 90.9 Å². The molecule has 0 bridgehead atoms. The third kappa shape index (κ3) is 5.35. The van der Waals surface area contributed by atoms with E-state index >= 15 is 0 Å². The zero-order valence-electron chi connectivity index (χ0n) is 18.6. The molecule has 10 nitrogen and oxygen atoms in total. The molecule has 1 N–H and O–H groups in total. The minimum atomic E-state index is -0.739. The van der Waals surface area contributed by atoms with E-state index in [1.807, 2.05) is 25.1 Å². The van der Waals surface area contributed by atoms with Crippen LogP contribution < -0.4 is 10.1 Å². The highest BCUT2D eigenvalue weighted by atomic mass is 16.6. The minimum Gasteiger partial charge on any atom is -0.485 e. The third-order valence-electron chi connectivity index (χ3n) is 5.05. The molecule has 0 unspecified atom stereocenters. The SMILES string of the molecule is Cc1ccc(C(C)C)c(OCc2ccc(C(=O)Nc3cc([N+](=O)[O-])c(C)c([N+](=O)[O-])c3)o2)c1. The number of hydrogen-bond acceptors (Lipinski definition) is 7. The van der Waals surface area contributed by atoms with E-state index in [0.29, 0.717) is 5.76 Å². The number of amides is 1. The summed E-state index contributed by atoms with van der Waals surface area (Å²) in [5.41, 5.74) is 0.985. The van der Waals surface area contributed by atoms with Gasteiger partial charge in [0.2, 0.25) is 0 Å². The largest absolute Gasteiger partial charge is 0.485 e. The van der Waals surface area contributed by atoms with E-state index in [2.05, 4.69) is 19.2 Å². The van der Waals surface area contributed by atoms with Gasteiger partial charge in [0.1, 0.15) is 23.7 Å². The Bertz CT molecular complexity index is 1200. The van der Waals surface area contributed by atoms with E-state index in [1.54, 1.807) is 6.07 Å². The molecular weight excluding hydrogens is 430 g/mol. The first-order valence-electron chi connectivity index (χ1n) is 10.1. The molecule has 0 aliphatic rings. The van der Waals surface area contributed by atoms with Crippen molar-refractivity contribution in [2.45, 2.75) is 40.2 Å². The molecule has 0 saturated carbocycles. The maximum Gasteiger partial charge on any atom is 0.291 e. The van der Waals surface area contributed by atoms with Gasteiger partial charge in [-0.05, 0) is 49.1 Å². The van der Waals surface area contributed by atoms with Gasteiger partial charge in [-0.15, -0.1) is 0 Å². The molecule has 0 radical (unpaired) electrons. The standard InChI is InChI=1S/C23H23N3O7/c1-13(2)18-7-5-14(3)9-22(18)32-12-17-6-8-21(33-17)23(27)24-16-10-19(25(28)29)15(4)20(11-16)26(30)31/h5-11,13H,12H2,1-4H3,(H,24,27). The van der Waals surface area contributed by atoms with Crippen molar-refractivity contribution in [2.75, 3.05) is 5.32 Å². The molecule has 0 atom stereocenters. The first-order chi connectivity index (χ1) is 15.6. The predicted octanol–water partition coefficient (Wildman–Crippen LogP) is 5.67. The lowest BCUT2D eigenvalue weighted by atomic mass is 10.0. The van der Waals surface area contributed by atoms with Gasteiger partial charge in [0.15, 0.2) is 5.76 Å². The van der Waals surface area contributed by atoms with Gasteiger partial charge in [0.25, 0.3) is 17.3 Å². The summed E-state index contributed by atoms with van der Waals surface area (Å²) >= 11 is 0. The van der Waals surface area contributed by atoms with Crippen molar-refractivity contribution in [1.82, 2.24) is 0 Å². The molecule has 1 aromatic heterocycles. The second-order valence-corrected chi connectivity index (χ2v) is 7.86. The second kappa shape index (κ2) is 9.51. The van der Waals surface area contributed by atoms with E-state index in [1.165, 1.54) is 13.0 Å². The molecule has 0 fully saturated rings. The Morgan fingerprint density at radius 1 is 1.03 bits per heavy atom. The van der Waals surface area contributed by atoms with Gasteiger partial charge in [-0.2, -0.15) is 0 Å². The number of benzene rings is 2. The highest BCUT2D eigenvalue weighted by Gasteiger charge is 2.24. The summed E-state index contributed by atoms with van der Waals surface area (Å²) in [6.07, 6.45) is 0. The minimum absolute atomic E-state index is 0.0622. The molecule has 0 saturated heterocycles. The summed E-state index contributed by atoms with van der Waals surface area (Å²) in [6.45, 7) is 7.46. The topological polar surface area (TPSA) is 138 Å². The molecular formula is C23H23N3O7. The highest BCUT2D eigenvalue weighted by Crippen LogP contribution is 2.32. The number of rotatable bonds is 8. The maximum atomic E-state index is 12.6. The summed E-state index contributed by atoms with van der Waals surface area (Å²) in [6, 6.07) is 11.1. The van der Waals surface area contributed by atoms with Gasteiger partial charge >= 0.3 is 0 Å². The van der Waals surface area contributed by atoms with Crippen LogP contribution in [0.3, 0.4) is 0 Å². The number of nitro benzene ring substituents is 2. The highest BCUT2D eigenvalue weighted by molar-refractivity contribution is 6.02. The zero-order chi connectivity index (χ0) is 24.3. The number of hydrogen-bond donors (Lipinski definition) is 1. The van der Waals surface area contributed by atoms with Crippen LogP contribution in [0.25, 0.3) is 0 Å². The fraction of sp³-hybridized carbons (Fsp3) is 0.261. The van der Waals surface area contributed by atoms with Crippen molar-refractivity contribution in [1.29, 1.82) is 0 Å². The Kier molecular flexibility index (Phi) is 6.76. The van der Waals surface area contributed by atoms with Gasteiger partial charge in [-0.1, -0.05) is 26.0 Å². The smallest absolute Gasteiger partial charge is 0.291 e. The van der Waals surface area contributed by atoms with Crippen molar-refractivity contribution < 1.29 is 23.8 Å². The lowest BCUT2D eigenvalue weighted by Crippen LogP contribution is -2.12. The van der Waals surface area contributed by atoms with Crippen molar-refractivity contribution in [3.63, 3.8) is 0 Å². The van der Waals surface area contributed by atoms with Crippen LogP contribution >= 0.6 is 0 Å². The molecule has 2 aromatic carbocycles. The number of ether oxygens (including phenoxy) is 1. The zero-order valence-corrected chi connectivity index (χ0v) is 18.6. The van der Waals surface area contributed by atoms with E-state index in [9.17, 15) is 25.0 Å². The van der Waals surface area contributed by atoms with Crippen LogP contribution in [0, 0.1) is 34.1 Å². The van der Waals surface area contributed by atoms with Crippen LogP contribution in [0.4, 0.5) is 17.1 Å². The summed E-state index contributed by atoms with van der Waals surface area (Å²) in [7, 11) is 0. The predicted molar refractivity (Wildman–Crippen MR) is 121 cm³/mol. The first kappa shape index (κ1) is 23.5. The van der Waals surface area contributed by atoms with Crippen molar-refractivity contribution in [2.24, 2.45) is 0 Å². The van der Waals surface area contributed by atoms with Crippen LogP contribution in [0.1, 0.15) is 52.8 Å². The fourth-order valence-electron chi connectivity index (χ4n) is 3.30. The number of anilines is 1. The number of aryl methyl sites for hydroxylation is 1. The van der Waals surface area contributed by atoms with E-state index in [4.69, 9.17) is 9.15 Å². The van der Waals surface area contributed by atoms with E-state index < -0.39 is 27.1 Å². The Balaban J connectivity index is 1.75. The quantitative estimate of drug-likeness (QED) is 0.343. The number of carbonyl (C=O) groups is 1. The summed E-state index contributed by atoms with van der Waals surface area (Å²) in [4.78, 5) is 33.5. The van der Waals surface area contributed by atoms with Crippen molar-refractivity contribution in [3.8, 4) is 5.75 Å². The molecule has 3 rings (SSSR count). The molecule has 1 heterocycles. The Morgan fingerprint density at radius 2 is 1.67 bits per heavy atom. The van der Waals surface area contributed by atoms with Crippen LogP contribution in [0.15, 0.2) is 46.9 Å². The molecule has 0 aliphatic carbocycles. The summed E-state index contributed by atoms with van der Waals surface area (Å²) < 4.78 is 11.4. The molecule has 0 spiro atoms. The molecule has 172 valence electrons. The summed E-state index contributed by atoms with van der Waals surface area (Å²) in [5, 5.41) is 24.9. The van der Waals surface area contributed by atoms with Gasteiger partial charge in [0.05, 0.1) is 15.5 Å². The van der Waals surface area contributed by atoms with Crippen LogP contribution in [0.2, 0.25) is 0 Å². The normalized spacial score (nSPS) is 10.8. The van der Waals surface area contributed by atoms with E-state index in [-0.39, 0.29) is 29.5 Å². The molecule has 1 amide bonds. The first-order valence-corrected chi connectivity index (χ1v) is 10.1. The number of nitro groups is 2. The third-order valence-corrected chi connectivity index (χ3v) is 5.05. The maximum absolute atomic E-state index is 12.6. The lowest BCUT2D eigenvalue weighted by molar-refractivity contribution is -0.395. The van der Waals surface area contributed by atoms with E-state index in [0.717, 1.165) is 29.0 Å². The molecule has 3 aromatic rings. The number of nitrogens with one attached hydrogen (secondary N) is 1. The Hall–Kier alpha value is -4.21. The second-order valence-electron chi connectivity index (χ2n) is 7.86. The molecule has 33 heavy (non-hydrogen) atoms. The Labute approximate surface area is 189 Å². The molecule has 10 heteroatoms. The lowest BCUT2D eigenvalue weighted by Gasteiger charge is -2.14. The van der Waals surface area contributed by atoms with Crippen LogP contribution in [0.5, 0.6) is 5.75 Å². The van der Waals surface area contributed by atoms with Gasteiger partial charge in [0, 0.05) is 12.1 Å². The van der Waals surface area contributed by atoms with Gasteiger partial charge in [-0.25, -0.2) is 0 Å². The number of nitrogens with zero attached hydrogens (tertiary/aromatic N) is 2. The summed E-state index contributed by atoms with van der Waals surface area (Å²) in [5.74, 6) is 0.630. The number of furan rings is 1. The van der Waals surface area contributed by atoms with Crippen LogP contribution in [-0.4, -0.2) is 15.8 Å². The fourth-order valence-corrected chi connectivity index (χ4v) is 3.30. The van der Waals surface area contributed by atoms with Gasteiger partial charge in [-0.3, -0.25) is 25.0 Å². The monoisotopic (exact) mass is 453 g/mol. The van der Waals surface area contributed by atoms with Gasteiger partial charge < -0.3 is 14.5 Å².